The van der Waals surface area contributed by atoms with Crippen molar-refractivity contribution >= 4 is 0 Å². The molecule has 1 aromatic carbocycles. The zero-order valence-corrected chi connectivity index (χ0v) is 16.4. The van der Waals surface area contributed by atoms with Gasteiger partial charge in [-0.25, -0.2) is 0 Å². The van der Waals surface area contributed by atoms with Gasteiger partial charge in [0.25, 0.3) is 0 Å². The van der Waals surface area contributed by atoms with Gasteiger partial charge >= 0.3 is 0 Å². The number of hydrogen-bond donors (Lipinski definition) is 5. The Morgan fingerprint density at radius 2 is 1.24 bits per heavy atom. The summed E-state index contributed by atoms with van der Waals surface area (Å²) in [7, 11) is 1.54. The molecule has 0 amide bonds. The van der Waals surface area contributed by atoms with E-state index in [0.717, 1.165) is 0 Å². The number of methoxy groups -OCH3 is 1. The van der Waals surface area contributed by atoms with E-state index >= 15 is 0 Å². The van der Waals surface area contributed by atoms with Crippen LogP contribution >= 0.6 is 0 Å². The van der Waals surface area contributed by atoms with E-state index in [0.29, 0.717) is 11.5 Å². The van der Waals surface area contributed by atoms with Gasteiger partial charge in [0.2, 0.25) is 6.29 Å². The minimum absolute atomic E-state index is 0.401. The molecule has 29 heavy (non-hydrogen) atoms. The Labute approximate surface area is 168 Å². The summed E-state index contributed by atoms with van der Waals surface area (Å²) in [5, 5.41) is 51.0. The summed E-state index contributed by atoms with van der Waals surface area (Å²) >= 11 is 0. The summed E-state index contributed by atoms with van der Waals surface area (Å²) < 4.78 is 27.3. The van der Waals surface area contributed by atoms with E-state index < -0.39 is 61.4 Å². The van der Waals surface area contributed by atoms with E-state index in [-0.39, 0.29) is 0 Å². The molecule has 5 N–H and O–H groups in total. The molecule has 2 aliphatic heterocycles. The fourth-order valence-electron chi connectivity index (χ4n) is 3.32. The lowest BCUT2D eigenvalue weighted by molar-refractivity contribution is -0.346. The molecule has 0 spiro atoms. The Morgan fingerprint density at radius 3 is 1.86 bits per heavy atom. The molecular weight excluding hydrogens is 388 g/mol. The summed E-state index contributed by atoms with van der Waals surface area (Å²) in [4.78, 5) is 0. The number of ether oxygens (including phenoxy) is 5. The van der Waals surface area contributed by atoms with Crippen LogP contribution in [0.25, 0.3) is 0 Å². The number of rotatable bonds is 5. The predicted molar refractivity (Wildman–Crippen MR) is 97.2 cm³/mol. The third kappa shape index (κ3) is 4.65. The second-order valence-electron chi connectivity index (χ2n) is 7.27. The van der Waals surface area contributed by atoms with Crippen molar-refractivity contribution in [1.82, 2.24) is 0 Å². The molecular formula is C19H28O10. The third-order valence-corrected chi connectivity index (χ3v) is 5.19. The maximum Gasteiger partial charge on any atom is 0.229 e. The molecule has 0 radical (unpaired) electrons. The van der Waals surface area contributed by atoms with Gasteiger partial charge in [0, 0.05) is 0 Å². The lowest BCUT2D eigenvalue weighted by Crippen LogP contribution is -2.63. The van der Waals surface area contributed by atoms with Gasteiger partial charge in [-0.3, -0.25) is 0 Å². The predicted octanol–water partition coefficient (Wildman–Crippen LogP) is -1.25. The minimum atomic E-state index is -1.57. The molecule has 10 atom stereocenters. The normalized spacial score (nSPS) is 43.0. The summed E-state index contributed by atoms with van der Waals surface area (Å²) in [6, 6.07) is 6.62. The van der Waals surface area contributed by atoms with Gasteiger partial charge in [-0.05, 0) is 38.1 Å². The molecule has 2 fully saturated rings. The van der Waals surface area contributed by atoms with Crippen LogP contribution in [0.3, 0.4) is 0 Å². The fourth-order valence-corrected chi connectivity index (χ4v) is 3.32. The van der Waals surface area contributed by atoms with Gasteiger partial charge in [0.1, 0.15) is 48.1 Å². The third-order valence-electron chi connectivity index (χ3n) is 5.19. The van der Waals surface area contributed by atoms with Crippen LogP contribution in [-0.2, 0) is 14.2 Å². The van der Waals surface area contributed by atoms with Gasteiger partial charge in [0.05, 0.1) is 19.3 Å². The van der Waals surface area contributed by atoms with Crippen molar-refractivity contribution in [2.45, 2.75) is 75.3 Å². The number of aliphatic hydroxyl groups is 5. The van der Waals surface area contributed by atoms with Crippen molar-refractivity contribution in [2.75, 3.05) is 7.11 Å². The summed E-state index contributed by atoms with van der Waals surface area (Å²) in [5.74, 6) is 1.03. The lowest BCUT2D eigenvalue weighted by atomic mass is 9.97. The Hall–Kier alpha value is -1.50. The zero-order valence-electron chi connectivity index (χ0n) is 16.4. The molecule has 164 valence electrons. The lowest BCUT2D eigenvalue weighted by Gasteiger charge is -2.45. The van der Waals surface area contributed by atoms with Crippen LogP contribution in [0.5, 0.6) is 11.5 Å². The van der Waals surface area contributed by atoms with Crippen LogP contribution < -0.4 is 9.47 Å². The summed E-state index contributed by atoms with van der Waals surface area (Å²) in [5.41, 5.74) is 0. The highest BCUT2D eigenvalue weighted by Gasteiger charge is 2.49. The number of hydrogen-bond acceptors (Lipinski definition) is 10. The molecule has 0 unspecified atom stereocenters. The fraction of sp³-hybridized carbons (Fsp3) is 0.684. The smallest absolute Gasteiger partial charge is 0.229 e. The van der Waals surface area contributed by atoms with E-state index in [1.165, 1.54) is 14.0 Å². The molecule has 0 aliphatic carbocycles. The first kappa shape index (κ1) is 22.2. The second kappa shape index (κ2) is 9.11. The highest BCUT2D eigenvalue weighted by Crippen LogP contribution is 2.30. The van der Waals surface area contributed by atoms with Crippen LogP contribution in [0.4, 0.5) is 0 Å². The van der Waals surface area contributed by atoms with Gasteiger partial charge < -0.3 is 49.2 Å². The summed E-state index contributed by atoms with van der Waals surface area (Å²) in [6.45, 7) is 3.09. The molecule has 3 rings (SSSR count). The van der Waals surface area contributed by atoms with Gasteiger partial charge in [-0.2, -0.15) is 0 Å². The van der Waals surface area contributed by atoms with Crippen molar-refractivity contribution in [3.8, 4) is 11.5 Å². The average molecular weight is 416 g/mol. The average Bonchev–Trinajstić information content (AvgIpc) is 2.71. The number of benzene rings is 1. The molecule has 1 aromatic rings. The monoisotopic (exact) mass is 416 g/mol. The maximum absolute atomic E-state index is 10.7. The Bertz CT molecular complexity index is 655. The van der Waals surface area contributed by atoms with E-state index in [1.807, 2.05) is 0 Å². The second-order valence-corrected chi connectivity index (χ2v) is 7.27. The molecule has 2 saturated heterocycles. The first-order valence-corrected chi connectivity index (χ1v) is 9.40. The molecule has 10 heteroatoms. The molecule has 2 aliphatic rings. The molecule has 0 aromatic heterocycles. The van der Waals surface area contributed by atoms with Gasteiger partial charge in [0.15, 0.2) is 6.29 Å². The topological polar surface area (TPSA) is 147 Å². The van der Waals surface area contributed by atoms with Crippen molar-refractivity contribution in [2.24, 2.45) is 0 Å². The van der Waals surface area contributed by atoms with Crippen molar-refractivity contribution in [3.63, 3.8) is 0 Å². The largest absolute Gasteiger partial charge is 0.497 e. The first-order chi connectivity index (χ1) is 13.7. The van der Waals surface area contributed by atoms with Crippen molar-refractivity contribution in [1.29, 1.82) is 0 Å². The van der Waals surface area contributed by atoms with E-state index in [4.69, 9.17) is 23.7 Å². The molecule has 0 bridgehead atoms. The van der Waals surface area contributed by atoms with Crippen molar-refractivity contribution < 1.29 is 49.2 Å². The molecule has 0 saturated carbocycles. The van der Waals surface area contributed by atoms with Crippen LogP contribution in [0.2, 0.25) is 0 Å². The standard InChI is InChI=1S/C19H28O10/c1-8-12(20)14(22)15(23)18(26-8)29-17-13(21)9(2)27-19(16(17)24)28-11-6-4-10(25-3)5-7-11/h4-9,12-24H,1-3H3/t8-,9-,12-,13+,14+,15+,16-,17+,18+,19-/m0/s1. The molecule has 10 nitrogen and oxygen atoms in total. The van der Waals surface area contributed by atoms with Crippen LogP contribution in [0.1, 0.15) is 13.8 Å². The van der Waals surface area contributed by atoms with E-state index in [1.54, 1.807) is 31.2 Å². The Kier molecular flexibility index (Phi) is 6.97. The Balaban J connectivity index is 1.71. The highest BCUT2D eigenvalue weighted by atomic mass is 16.7. The zero-order chi connectivity index (χ0) is 21.3. The van der Waals surface area contributed by atoms with Crippen molar-refractivity contribution in [3.05, 3.63) is 24.3 Å². The highest BCUT2D eigenvalue weighted by molar-refractivity contribution is 5.31. The first-order valence-electron chi connectivity index (χ1n) is 9.40. The van der Waals surface area contributed by atoms with Gasteiger partial charge in [-0.15, -0.1) is 0 Å². The van der Waals surface area contributed by atoms with E-state index in [2.05, 4.69) is 0 Å². The molecule has 2 heterocycles. The number of aliphatic hydroxyl groups excluding tert-OH is 5. The summed E-state index contributed by atoms with van der Waals surface area (Å²) in [6.07, 6.45) is -12.4. The SMILES string of the molecule is COc1ccc(O[C@@H]2O[C@@H](C)[C@@H](O)[C@@H](O[C@H]3O[C@@H](C)[C@H](O)[C@@H](O)[C@H]3O)[C@@H]2O)cc1. The maximum atomic E-state index is 10.7. The van der Waals surface area contributed by atoms with Crippen LogP contribution in [0, 0.1) is 0 Å². The minimum Gasteiger partial charge on any atom is -0.497 e. The van der Waals surface area contributed by atoms with E-state index in [9.17, 15) is 25.5 Å². The van der Waals surface area contributed by atoms with Gasteiger partial charge in [-0.1, -0.05) is 0 Å². The quantitative estimate of drug-likeness (QED) is 0.394. The van der Waals surface area contributed by atoms with Crippen LogP contribution in [0.15, 0.2) is 24.3 Å². The Morgan fingerprint density at radius 1 is 0.690 bits per heavy atom. The van der Waals surface area contributed by atoms with Crippen LogP contribution in [-0.4, -0.2) is 94.1 Å².